The first-order chi connectivity index (χ1) is 9.92. The van der Waals surface area contributed by atoms with Crippen LogP contribution in [0.3, 0.4) is 0 Å². The second-order valence-electron chi connectivity index (χ2n) is 4.62. The number of primary amides is 1. The van der Waals surface area contributed by atoms with Crippen molar-refractivity contribution in [2.45, 2.75) is 20.3 Å². The lowest BCUT2D eigenvalue weighted by molar-refractivity contribution is 0.1000. The van der Waals surface area contributed by atoms with Gasteiger partial charge in [0.2, 0.25) is 11.9 Å². The highest BCUT2D eigenvalue weighted by Gasteiger charge is 2.10. The molecule has 0 saturated carbocycles. The van der Waals surface area contributed by atoms with Gasteiger partial charge in [-0.1, -0.05) is 13.5 Å². The number of amides is 1. The minimum Gasteiger partial charge on any atom is -0.366 e. The Kier molecular flexibility index (Phi) is 4.07. The van der Waals surface area contributed by atoms with Crippen LogP contribution in [0, 0.1) is 5.82 Å². The van der Waals surface area contributed by atoms with E-state index in [1.165, 1.54) is 12.3 Å². The lowest BCUT2D eigenvalue weighted by Gasteiger charge is -2.04. The quantitative estimate of drug-likeness (QED) is 0.877. The van der Waals surface area contributed by atoms with Crippen LogP contribution in [0.5, 0.6) is 0 Å². The number of hydrogen-bond donors (Lipinski definition) is 1. The summed E-state index contributed by atoms with van der Waals surface area (Å²) < 4.78 is 13.9. The van der Waals surface area contributed by atoms with Crippen LogP contribution in [-0.4, -0.2) is 21.6 Å². The van der Waals surface area contributed by atoms with Crippen molar-refractivity contribution < 1.29 is 9.18 Å². The number of nitrogens with zero attached hydrogens (tertiary/aromatic N) is 3. The third-order valence-electron chi connectivity index (χ3n) is 2.98. The summed E-state index contributed by atoms with van der Waals surface area (Å²) in [6.45, 7) is 7.61. The van der Waals surface area contributed by atoms with Crippen molar-refractivity contribution in [3.8, 4) is 0 Å². The highest BCUT2D eigenvalue weighted by Crippen LogP contribution is 2.20. The molecule has 1 aromatic heterocycles. The second kappa shape index (κ2) is 5.78. The van der Waals surface area contributed by atoms with Crippen LogP contribution >= 0.6 is 0 Å². The van der Waals surface area contributed by atoms with Crippen molar-refractivity contribution in [1.82, 2.24) is 9.97 Å². The molecule has 1 amide bonds. The first kappa shape index (κ1) is 14.8. The molecular formula is C15H15FN4O. The number of aromatic nitrogens is 2. The molecule has 21 heavy (non-hydrogen) atoms. The van der Waals surface area contributed by atoms with Gasteiger partial charge in [-0.15, -0.1) is 0 Å². The average molecular weight is 286 g/mol. The number of hydrogen-bond acceptors (Lipinski definition) is 4. The molecule has 0 radical (unpaired) electrons. The first-order valence-corrected chi connectivity index (χ1v) is 6.42. The zero-order chi connectivity index (χ0) is 15.6. The Hall–Kier alpha value is -2.63. The SMILES string of the molecule is C=C(C)C(CC)=Nc1ncc2c(F)cc(C(N)=O)cc2n1. The minimum absolute atomic E-state index is 0.0595. The van der Waals surface area contributed by atoms with E-state index in [4.69, 9.17) is 5.73 Å². The number of halogens is 1. The van der Waals surface area contributed by atoms with E-state index < -0.39 is 11.7 Å². The number of aliphatic imine (C=N–C) groups is 1. The number of rotatable bonds is 4. The molecule has 0 aliphatic carbocycles. The molecule has 1 heterocycles. The Balaban J connectivity index is 2.60. The van der Waals surface area contributed by atoms with Crippen molar-refractivity contribution in [2.24, 2.45) is 10.7 Å². The Labute approximate surface area is 121 Å². The second-order valence-corrected chi connectivity index (χ2v) is 4.62. The van der Waals surface area contributed by atoms with Crippen molar-refractivity contribution in [3.05, 3.63) is 41.9 Å². The molecule has 0 aliphatic rings. The predicted molar refractivity (Wildman–Crippen MR) is 80.2 cm³/mol. The number of fused-ring (bicyclic) bond motifs is 1. The summed E-state index contributed by atoms with van der Waals surface area (Å²) in [4.78, 5) is 23.6. The summed E-state index contributed by atoms with van der Waals surface area (Å²) in [5, 5.41) is 0.215. The van der Waals surface area contributed by atoms with Gasteiger partial charge in [-0.2, -0.15) is 0 Å². The summed E-state index contributed by atoms with van der Waals surface area (Å²) >= 11 is 0. The lowest BCUT2D eigenvalue weighted by Crippen LogP contribution is -2.11. The third kappa shape index (κ3) is 3.10. The normalized spacial score (nSPS) is 11.7. The van der Waals surface area contributed by atoms with E-state index in [0.717, 1.165) is 17.4 Å². The van der Waals surface area contributed by atoms with Crippen molar-refractivity contribution in [1.29, 1.82) is 0 Å². The monoisotopic (exact) mass is 286 g/mol. The van der Waals surface area contributed by atoms with E-state index in [0.29, 0.717) is 6.42 Å². The maximum Gasteiger partial charge on any atom is 0.250 e. The van der Waals surface area contributed by atoms with Crippen LogP contribution in [-0.2, 0) is 0 Å². The molecule has 108 valence electrons. The first-order valence-electron chi connectivity index (χ1n) is 6.42. The molecule has 0 bridgehead atoms. The molecule has 0 unspecified atom stereocenters. The lowest BCUT2D eigenvalue weighted by atomic mass is 10.1. The topological polar surface area (TPSA) is 81.2 Å². The molecule has 6 heteroatoms. The van der Waals surface area contributed by atoms with Gasteiger partial charge in [0.25, 0.3) is 0 Å². The van der Waals surface area contributed by atoms with Crippen LogP contribution in [0.15, 0.2) is 35.5 Å². The Morgan fingerprint density at radius 1 is 1.48 bits per heavy atom. The van der Waals surface area contributed by atoms with Crippen LogP contribution in [0.25, 0.3) is 10.9 Å². The fourth-order valence-corrected chi connectivity index (χ4v) is 1.88. The summed E-state index contributed by atoms with van der Waals surface area (Å²) in [5.74, 6) is -1.11. The summed E-state index contributed by atoms with van der Waals surface area (Å²) in [7, 11) is 0. The standard InChI is InChI=1S/C15H15FN4O/c1-4-12(8(2)3)19-15-18-7-10-11(16)5-9(14(17)21)6-13(10)20-15/h5-7H,2,4H2,1,3H3,(H2,17,21). The van der Waals surface area contributed by atoms with Crippen molar-refractivity contribution in [3.63, 3.8) is 0 Å². The smallest absolute Gasteiger partial charge is 0.250 e. The van der Waals surface area contributed by atoms with E-state index in [1.54, 1.807) is 0 Å². The van der Waals surface area contributed by atoms with E-state index in [-0.39, 0.29) is 22.4 Å². The Bertz CT molecular complexity index is 768. The van der Waals surface area contributed by atoms with Crippen LogP contribution in [0.4, 0.5) is 10.3 Å². The number of carbonyl (C=O) groups excluding carboxylic acids is 1. The van der Waals surface area contributed by atoms with E-state index in [9.17, 15) is 9.18 Å². The molecule has 1 aromatic carbocycles. The van der Waals surface area contributed by atoms with Gasteiger partial charge in [-0.25, -0.2) is 19.4 Å². The number of allylic oxidation sites excluding steroid dienone is 1. The highest BCUT2D eigenvalue weighted by atomic mass is 19.1. The van der Waals surface area contributed by atoms with Gasteiger partial charge in [-0.3, -0.25) is 4.79 Å². The maximum absolute atomic E-state index is 13.9. The number of carbonyl (C=O) groups is 1. The Morgan fingerprint density at radius 2 is 2.19 bits per heavy atom. The Morgan fingerprint density at radius 3 is 2.76 bits per heavy atom. The third-order valence-corrected chi connectivity index (χ3v) is 2.98. The zero-order valence-corrected chi connectivity index (χ0v) is 11.9. The van der Waals surface area contributed by atoms with E-state index in [2.05, 4.69) is 21.5 Å². The molecule has 0 spiro atoms. The van der Waals surface area contributed by atoms with Gasteiger partial charge in [0, 0.05) is 17.5 Å². The predicted octanol–water partition coefficient (Wildman–Crippen LogP) is 2.93. The molecule has 0 aliphatic heterocycles. The highest BCUT2D eigenvalue weighted by molar-refractivity contribution is 6.00. The molecule has 0 saturated heterocycles. The number of benzene rings is 1. The van der Waals surface area contributed by atoms with E-state index in [1.807, 2.05) is 13.8 Å². The molecule has 0 atom stereocenters. The summed E-state index contributed by atoms with van der Waals surface area (Å²) in [5.41, 5.74) is 7.09. The number of nitrogens with two attached hydrogens (primary N) is 1. The van der Waals surface area contributed by atoms with E-state index >= 15 is 0 Å². The summed E-state index contributed by atoms with van der Waals surface area (Å²) in [6, 6.07) is 2.50. The van der Waals surface area contributed by atoms with Crippen LogP contribution in [0.1, 0.15) is 30.6 Å². The van der Waals surface area contributed by atoms with Crippen molar-refractivity contribution >= 4 is 28.5 Å². The summed E-state index contributed by atoms with van der Waals surface area (Å²) in [6.07, 6.45) is 2.03. The molecule has 2 aromatic rings. The zero-order valence-electron chi connectivity index (χ0n) is 11.9. The molecule has 2 rings (SSSR count). The van der Waals surface area contributed by atoms with Gasteiger partial charge in [0.15, 0.2) is 0 Å². The van der Waals surface area contributed by atoms with Crippen LogP contribution < -0.4 is 5.73 Å². The average Bonchev–Trinajstić information content (AvgIpc) is 2.43. The minimum atomic E-state index is -0.712. The fraction of sp³-hybridized carbons (Fsp3) is 0.200. The van der Waals surface area contributed by atoms with Gasteiger partial charge >= 0.3 is 0 Å². The van der Waals surface area contributed by atoms with Gasteiger partial charge in [-0.05, 0) is 31.1 Å². The molecule has 5 nitrogen and oxygen atoms in total. The molecule has 0 fully saturated rings. The molecule has 2 N–H and O–H groups in total. The van der Waals surface area contributed by atoms with Crippen LogP contribution in [0.2, 0.25) is 0 Å². The van der Waals surface area contributed by atoms with Crippen molar-refractivity contribution in [2.75, 3.05) is 0 Å². The fourth-order valence-electron chi connectivity index (χ4n) is 1.88. The van der Waals surface area contributed by atoms with Gasteiger partial charge in [0.1, 0.15) is 5.82 Å². The maximum atomic E-state index is 13.9. The molecular weight excluding hydrogens is 271 g/mol. The largest absolute Gasteiger partial charge is 0.366 e. The van der Waals surface area contributed by atoms with Gasteiger partial charge < -0.3 is 5.73 Å². The van der Waals surface area contributed by atoms with Gasteiger partial charge in [0.05, 0.1) is 10.9 Å².